The van der Waals surface area contributed by atoms with Crippen molar-refractivity contribution in [2.45, 2.75) is 17.9 Å². The standard InChI is InChI=1S/C15H18ClFN4O2S.ClH/c1-10-7-14(11(16)8-12(10)17)24(22,23)21-6-3-18-9-13(21)15-19-4-5-20(15)2;/h4-5,7-8,13,18H,3,6,9H2,1-2H3;1H. The molecule has 1 fully saturated rings. The molecule has 2 heterocycles. The lowest BCUT2D eigenvalue weighted by atomic mass is 10.2. The molecule has 1 N–H and O–H groups in total. The van der Waals surface area contributed by atoms with Crippen molar-refractivity contribution in [3.63, 3.8) is 0 Å². The Morgan fingerprint density at radius 1 is 1.40 bits per heavy atom. The zero-order valence-corrected chi connectivity index (χ0v) is 16.1. The van der Waals surface area contributed by atoms with Crippen LogP contribution in [-0.4, -0.2) is 41.9 Å². The summed E-state index contributed by atoms with van der Waals surface area (Å²) >= 11 is 6.03. The molecule has 0 aliphatic carbocycles. The van der Waals surface area contributed by atoms with Crippen LogP contribution in [0.15, 0.2) is 29.4 Å². The minimum absolute atomic E-state index is 0. The van der Waals surface area contributed by atoms with Gasteiger partial charge in [0, 0.05) is 39.1 Å². The number of aryl methyl sites for hydroxylation is 2. The molecule has 1 aromatic heterocycles. The van der Waals surface area contributed by atoms with E-state index < -0.39 is 21.9 Å². The maximum absolute atomic E-state index is 13.6. The van der Waals surface area contributed by atoms with Crippen LogP contribution in [-0.2, 0) is 17.1 Å². The van der Waals surface area contributed by atoms with Gasteiger partial charge in [-0.05, 0) is 24.6 Å². The Morgan fingerprint density at radius 3 is 2.76 bits per heavy atom. The first-order valence-electron chi connectivity index (χ1n) is 7.48. The highest BCUT2D eigenvalue weighted by atomic mass is 35.5. The summed E-state index contributed by atoms with van der Waals surface area (Å²) in [5.41, 5.74) is 0.238. The number of aromatic nitrogens is 2. The topological polar surface area (TPSA) is 67.2 Å². The summed E-state index contributed by atoms with van der Waals surface area (Å²) in [6.07, 6.45) is 3.40. The number of imidazole rings is 1. The monoisotopic (exact) mass is 408 g/mol. The molecular formula is C15H19Cl2FN4O2S. The summed E-state index contributed by atoms with van der Waals surface area (Å²) in [6, 6.07) is 1.87. The van der Waals surface area contributed by atoms with Gasteiger partial charge in [-0.2, -0.15) is 4.31 Å². The van der Waals surface area contributed by atoms with E-state index in [1.54, 1.807) is 17.0 Å². The van der Waals surface area contributed by atoms with Crippen molar-refractivity contribution >= 4 is 34.0 Å². The second kappa shape index (κ2) is 7.59. The number of benzene rings is 1. The largest absolute Gasteiger partial charge is 0.337 e. The van der Waals surface area contributed by atoms with Gasteiger partial charge in [0.1, 0.15) is 16.5 Å². The van der Waals surface area contributed by atoms with E-state index in [-0.39, 0.29) is 34.4 Å². The van der Waals surface area contributed by atoms with Gasteiger partial charge in [0.15, 0.2) is 0 Å². The summed E-state index contributed by atoms with van der Waals surface area (Å²) in [4.78, 5) is 4.20. The van der Waals surface area contributed by atoms with Crippen molar-refractivity contribution in [1.82, 2.24) is 19.2 Å². The van der Waals surface area contributed by atoms with Gasteiger partial charge in [0.25, 0.3) is 0 Å². The first kappa shape index (κ1) is 20.1. The third-order valence-corrected chi connectivity index (χ3v) is 6.52. The van der Waals surface area contributed by atoms with Gasteiger partial charge in [-0.25, -0.2) is 17.8 Å². The van der Waals surface area contributed by atoms with Gasteiger partial charge >= 0.3 is 0 Å². The zero-order chi connectivity index (χ0) is 17.5. The molecule has 0 saturated carbocycles. The smallest absolute Gasteiger partial charge is 0.245 e. The van der Waals surface area contributed by atoms with E-state index >= 15 is 0 Å². The average molecular weight is 409 g/mol. The number of hydrogen-bond donors (Lipinski definition) is 1. The second-order valence-electron chi connectivity index (χ2n) is 5.76. The highest BCUT2D eigenvalue weighted by Gasteiger charge is 2.37. The summed E-state index contributed by atoms with van der Waals surface area (Å²) in [6.45, 7) is 2.77. The molecule has 0 amide bonds. The minimum atomic E-state index is -3.88. The molecule has 6 nitrogen and oxygen atoms in total. The molecule has 1 aliphatic rings. The van der Waals surface area contributed by atoms with Crippen molar-refractivity contribution in [1.29, 1.82) is 0 Å². The molecule has 0 spiro atoms. The third-order valence-electron chi connectivity index (χ3n) is 4.15. The molecule has 1 aliphatic heterocycles. The lowest BCUT2D eigenvalue weighted by molar-refractivity contribution is 0.258. The molecule has 0 bridgehead atoms. The molecular weight excluding hydrogens is 390 g/mol. The molecule has 1 unspecified atom stereocenters. The van der Waals surface area contributed by atoms with Gasteiger partial charge in [0.2, 0.25) is 10.0 Å². The SMILES string of the molecule is Cc1cc(S(=O)(=O)N2CCNCC2c2nccn2C)c(Cl)cc1F.Cl. The molecule has 1 atom stereocenters. The van der Waals surface area contributed by atoms with Gasteiger partial charge in [-0.15, -0.1) is 12.4 Å². The quantitative estimate of drug-likeness (QED) is 0.845. The fourth-order valence-corrected chi connectivity index (χ4v) is 5.01. The van der Waals surface area contributed by atoms with Crippen molar-refractivity contribution < 1.29 is 12.8 Å². The highest BCUT2D eigenvalue weighted by molar-refractivity contribution is 7.89. The number of sulfonamides is 1. The van der Waals surface area contributed by atoms with Gasteiger partial charge in [-0.1, -0.05) is 11.6 Å². The molecule has 1 aromatic carbocycles. The lowest BCUT2D eigenvalue weighted by Gasteiger charge is -2.34. The number of piperazine rings is 1. The summed E-state index contributed by atoms with van der Waals surface area (Å²) in [7, 11) is -2.07. The van der Waals surface area contributed by atoms with Crippen LogP contribution in [0.4, 0.5) is 4.39 Å². The molecule has 0 radical (unpaired) electrons. The van der Waals surface area contributed by atoms with E-state index in [0.29, 0.717) is 18.9 Å². The maximum atomic E-state index is 13.6. The number of halogens is 3. The summed E-state index contributed by atoms with van der Waals surface area (Å²) in [5.74, 6) is 0.112. The number of rotatable bonds is 3. The Kier molecular flexibility index (Phi) is 6.11. The van der Waals surface area contributed by atoms with Crippen molar-refractivity contribution in [2.24, 2.45) is 7.05 Å². The number of nitrogens with one attached hydrogen (secondary N) is 1. The Bertz CT molecular complexity index is 872. The van der Waals surface area contributed by atoms with Gasteiger partial charge < -0.3 is 9.88 Å². The maximum Gasteiger partial charge on any atom is 0.245 e. The Balaban J connectivity index is 0.00000225. The Hall–Kier alpha value is -1.19. The number of nitrogens with zero attached hydrogens (tertiary/aromatic N) is 3. The second-order valence-corrected chi connectivity index (χ2v) is 8.03. The van der Waals surface area contributed by atoms with Crippen LogP contribution in [0.25, 0.3) is 0 Å². The summed E-state index contributed by atoms with van der Waals surface area (Å²) < 4.78 is 43.1. The molecule has 3 rings (SSSR count). The molecule has 1 saturated heterocycles. The first-order chi connectivity index (χ1) is 11.3. The highest BCUT2D eigenvalue weighted by Crippen LogP contribution is 2.32. The van der Waals surface area contributed by atoms with Crippen LogP contribution in [0.1, 0.15) is 17.4 Å². The Labute approximate surface area is 157 Å². The van der Waals surface area contributed by atoms with E-state index in [9.17, 15) is 12.8 Å². The predicted molar refractivity (Wildman–Crippen MR) is 96.1 cm³/mol. The van der Waals surface area contributed by atoms with Gasteiger partial charge in [0.05, 0.1) is 11.1 Å². The molecule has 2 aromatic rings. The number of hydrogen-bond acceptors (Lipinski definition) is 4. The van der Waals surface area contributed by atoms with E-state index in [1.165, 1.54) is 17.3 Å². The van der Waals surface area contributed by atoms with Crippen LogP contribution >= 0.6 is 24.0 Å². The van der Waals surface area contributed by atoms with E-state index in [2.05, 4.69) is 10.3 Å². The Morgan fingerprint density at radius 2 is 2.12 bits per heavy atom. The molecule has 10 heteroatoms. The van der Waals surface area contributed by atoms with E-state index in [0.717, 1.165) is 6.07 Å². The zero-order valence-electron chi connectivity index (χ0n) is 13.7. The normalized spacial score (nSPS) is 18.8. The van der Waals surface area contributed by atoms with Crippen LogP contribution in [0.2, 0.25) is 5.02 Å². The van der Waals surface area contributed by atoms with E-state index in [1.807, 2.05) is 7.05 Å². The average Bonchev–Trinajstić information content (AvgIpc) is 2.96. The van der Waals surface area contributed by atoms with Crippen molar-refractivity contribution in [3.8, 4) is 0 Å². The first-order valence-corrected chi connectivity index (χ1v) is 9.29. The molecule has 25 heavy (non-hydrogen) atoms. The van der Waals surface area contributed by atoms with Crippen LogP contribution in [0, 0.1) is 12.7 Å². The van der Waals surface area contributed by atoms with Crippen molar-refractivity contribution in [3.05, 3.63) is 46.8 Å². The lowest BCUT2D eigenvalue weighted by Crippen LogP contribution is -2.49. The van der Waals surface area contributed by atoms with Crippen LogP contribution in [0.5, 0.6) is 0 Å². The fourth-order valence-electron chi connectivity index (χ4n) is 2.85. The predicted octanol–water partition coefficient (Wildman–Crippen LogP) is 2.28. The molecule has 138 valence electrons. The van der Waals surface area contributed by atoms with Crippen LogP contribution in [0.3, 0.4) is 0 Å². The van der Waals surface area contributed by atoms with Crippen molar-refractivity contribution in [2.75, 3.05) is 19.6 Å². The third kappa shape index (κ3) is 3.68. The van der Waals surface area contributed by atoms with Gasteiger partial charge in [-0.3, -0.25) is 0 Å². The van der Waals surface area contributed by atoms with E-state index in [4.69, 9.17) is 11.6 Å². The van der Waals surface area contributed by atoms with Crippen LogP contribution < -0.4 is 5.32 Å². The fraction of sp³-hybridized carbons (Fsp3) is 0.400. The summed E-state index contributed by atoms with van der Waals surface area (Å²) in [5, 5.41) is 3.07. The minimum Gasteiger partial charge on any atom is -0.337 e.